The Balaban J connectivity index is 2.04. The van der Waals surface area contributed by atoms with Crippen molar-refractivity contribution >= 4 is 34.5 Å². The van der Waals surface area contributed by atoms with E-state index in [0.29, 0.717) is 23.6 Å². The molecule has 2 heterocycles. The molecule has 1 atom stereocenters. The molecule has 1 aliphatic rings. The van der Waals surface area contributed by atoms with Crippen molar-refractivity contribution in [3.8, 4) is 0 Å². The topological polar surface area (TPSA) is 62.3 Å². The van der Waals surface area contributed by atoms with Gasteiger partial charge in [-0.05, 0) is 19.1 Å². The van der Waals surface area contributed by atoms with Crippen LogP contribution in [0.25, 0.3) is 0 Å². The molecule has 6 heteroatoms. The molecule has 108 valence electrons. The van der Waals surface area contributed by atoms with Crippen molar-refractivity contribution in [2.45, 2.75) is 13.8 Å². The van der Waals surface area contributed by atoms with Crippen molar-refractivity contribution in [1.29, 1.82) is 0 Å². The average Bonchev–Trinajstić information content (AvgIpc) is 2.86. The molecule has 2 amide bonds. The van der Waals surface area contributed by atoms with Gasteiger partial charge in [0.25, 0.3) is 5.91 Å². The van der Waals surface area contributed by atoms with Crippen molar-refractivity contribution in [2.24, 2.45) is 5.92 Å². The fourth-order valence-electron chi connectivity index (χ4n) is 2.32. The van der Waals surface area contributed by atoms with Crippen LogP contribution in [0, 0.1) is 12.8 Å². The van der Waals surface area contributed by atoms with Crippen molar-refractivity contribution in [3.63, 3.8) is 0 Å². The highest BCUT2D eigenvalue weighted by Crippen LogP contribution is 2.31. The molecule has 1 aromatic heterocycles. The Morgan fingerprint density at radius 3 is 2.90 bits per heavy atom. The number of rotatable bonds is 1. The van der Waals surface area contributed by atoms with Crippen molar-refractivity contribution in [1.82, 2.24) is 4.98 Å². The van der Waals surface area contributed by atoms with E-state index in [1.807, 2.05) is 32.0 Å². The van der Waals surface area contributed by atoms with Crippen LogP contribution in [0.4, 0.5) is 11.4 Å². The monoisotopic (exact) mass is 301 g/mol. The summed E-state index contributed by atoms with van der Waals surface area (Å²) < 4.78 is 0. The van der Waals surface area contributed by atoms with Crippen LogP contribution in [0.2, 0.25) is 0 Å². The molecule has 5 nitrogen and oxygen atoms in total. The summed E-state index contributed by atoms with van der Waals surface area (Å²) in [5.41, 5.74) is 1.80. The van der Waals surface area contributed by atoms with E-state index in [4.69, 9.17) is 0 Å². The highest BCUT2D eigenvalue weighted by atomic mass is 32.1. The van der Waals surface area contributed by atoms with E-state index < -0.39 is 0 Å². The summed E-state index contributed by atoms with van der Waals surface area (Å²) in [7, 11) is 0. The minimum absolute atomic E-state index is 0.0767. The molecule has 2 aromatic rings. The number of anilines is 2. The number of hydrogen-bond donors (Lipinski definition) is 1. The molecule has 1 N–H and O–H groups in total. The number of nitrogens with one attached hydrogen (secondary N) is 1. The van der Waals surface area contributed by atoms with E-state index in [1.54, 1.807) is 16.3 Å². The lowest BCUT2D eigenvalue weighted by Crippen LogP contribution is -2.36. The van der Waals surface area contributed by atoms with Crippen molar-refractivity contribution in [2.75, 3.05) is 16.8 Å². The SMILES string of the molecule is Cc1nc(C(=O)N2C[C@@H](C)C(=O)Nc3ccccc32)cs1. The standard InChI is InChI=1S/C15H15N3O2S/c1-9-7-18(15(20)12-8-21-10(2)16-12)13-6-4-3-5-11(13)17-14(9)19/h3-6,8-9H,7H2,1-2H3,(H,17,19)/t9-/m1/s1. The number of benzene rings is 1. The molecule has 0 unspecified atom stereocenters. The minimum atomic E-state index is -0.277. The van der Waals surface area contributed by atoms with Gasteiger partial charge in [-0.1, -0.05) is 19.1 Å². The minimum Gasteiger partial charge on any atom is -0.324 e. The van der Waals surface area contributed by atoms with Crippen LogP contribution in [-0.4, -0.2) is 23.3 Å². The van der Waals surface area contributed by atoms with Gasteiger partial charge in [-0.25, -0.2) is 4.98 Å². The highest BCUT2D eigenvalue weighted by molar-refractivity contribution is 7.09. The molecular weight excluding hydrogens is 286 g/mol. The molecule has 0 fully saturated rings. The molecular formula is C15H15N3O2S. The van der Waals surface area contributed by atoms with Gasteiger partial charge in [0.2, 0.25) is 5.91 Å². The molecule has 3 rings (SSSR count). The Hall–Kier alpha value is -2.21. The van der Waals surface area contributed by atoms with Gasteiger partial charge >= 0.3 is 0 Å². The second-order valence-electron chi connectivity index (χ2n) is 5.07. The van der Waals surface area contributed by atoms with Gasteiger partial charge in [-0.2, -0.15) is 0 Å². The maximum atomic E-state index is 12.7. The number of aromatic nitrogens is 1. The molecule has 0 saturated carbocycles. The Bertz CT molecular complexity index is 710. The quantitative estimate of drug-likeness (QED) is 0.881. The molecule has 1 aromatic carbocycles. The first-order chi connectivity index (χ1) is 10.1. The van der Waals surface area contributed by atoms with Gasteiger partial charge in [-0.3, -0.25) is 9.59 Å². The van der Waals surface area contributed by atoms with Crippen LogP contribution in [0.15, 0.2) is 29.6 Å². The zero-order valence-corrected chi connectivity index (χ0v) is 12.6. The van der Waals surface area contributed by atoms with E-state index >= 15 is 0 Å². The van der Waals surface area contributed by atoms with Crippen LogP contribution in [0.1, 0.15) is 22.4 Å². The lowest BCUT2D eigenvalue weighted by atomic mass is 10.1. The third kappa shape index (κ3) is 2.54. The second-order valence-corrected chi connectivity index (χ2v) is 6.14. The normalized spacial score (nSPS) is 17.9. The predicted octanol–water partition coefficient (Wildman–Crippen LogP) is 2.69. The number of amides is 2. The van der Waals surface area contributed by atoms with E-state index in [0.717, 1.165) is 5.01 Å². The Morgan fingerprint density at radius 2 is 2.19 bits per heavy atom. The predicted molar refractivity (Wildman–Crippen MR) is 82.8 cm³/mol. The molecule has 0 bridgehead atoms. The molecule has 21 heavy (non-hydrogen) atoms. The molecule has 0 saturated heterocycles. The second kappa shape index (κ2) is 5.29. The lowest BCUT2D eigenvalue weighted by molar-refractivity contribution is -0.119. The number of fused-ring (bicyclic) bond motifs is 1. The number of carbonyl (C=O) groups excluding carboxylic acids is 2. The summed E-state index contributed by atoms with van der Waals surface area (Å²) in [6.07, 6.45) is 0. The lowest BCUT2D eigenvalue weighted by Gasteiger charge is -2.22. The number of carbonyl (C=O) groups is 2. The summed E-state index contributed by atoms with van der Waals surface area (Å²) in [5, 5.41) is 5.47. The van der Waals surface area contributed by atoms with E-state index in [-0.39, 0.29) is 17.7 Å². The maximum Gasteiger partial charge on any atom is 0.277 e. The van der Waals surface area contributed by atoms with Crippen LogP contribution in [0.5, 0.6) is 0 Å². The summed E-state index contributed by atoms with van der Waals surface area (Å²) in [5.74, 6) is -0.525. The van der Waals surface area contributed by atoms with Crippen molar-refractivity contribution < 1.29 is 9.59 Å². The third-order valence-electron chi connectivity index (χ3n) is 3.44. The largest absolute Gasteiger partial charge is 0.324 e. The van der Waals surface area contributed by atoms with Gasteiger partial charge in [-0.15, -0.1) is 11.3 Å². The van der Waals surface area contributed by atoms with Crippen molar-refractivity contribution in [3.05, 3.63) is 40.3 Å². The average molecular weight is 301 g/mol. The number of hydrogen-bond acceptors (Lipinski definition) is 4. The summed E-state index contributed by atoms with van der Waals surface area (Å²) in [6, 6.07) is 7.33. The van der Waals surface area contributed by atoms with Crippen LogP contribution >= 0.6 is 11.3 Å². The first-order valence-corrected chi connectivity index (χ1v) is 7.58. The number of para-hydroxylation sites is 2. The van der Waals surface area contributed by atoms with Gasteiger partial charge in [0.1, 0.15) is 5.69 Å². The summed E-state index contributed by atoms with van der Waals surface area (Å²) in [4.78, 5) is 30.6. The van der Waals surface area contributed by atoms with Gasteiger partial charge in [0.05, 0.1) is 22.3 Å². The highest BCUT2D eigenvalue weighted by Gasteiger charge is 2.29. The van der Waals surface area contributed by atoms with Crippen LogP contribution in [0.3, 0.4) is 0 Å². The van der Waals surface area contributed by atoms with E-state index in [2.05, 4.69) is 10.3 Å². The molecule has 0 spiro atoms. The Morgan fingerprint density at radius 1 is 1.43 bits per heavy atom. The fraction of sp³-hybridized carbons (Fsp3) is 0.267. The molecule has 1 aliphatic heterocycles. The maximum absolute atomic E-state index is 12.7. The zero-order valence-electron chi connectivity index (χ0n) is 11.8. The zero-order chi connectivity index (χ0) is 15.0. The smallest absolute Gasteiger partial charge is 0.277 e. The number of aryl methyl sites for hydroxylation is 1. The fourth-order valence-corrected chi connectivity index (χ4v) is 2.90. The molecule has 0 radical (unpaired) electrons. The third-order valence-corrected chi connectivity index (χ3v) is 4.21. The van der Waals surface area contributed by atoms with E-state index in [1.165, 1.54) is 11.3 Å². The van der Waals surface area contributed by atoms with Crippen LogP contribution in [-0.2, 0) is 4.79 Å². The van der Waals surface area contributed by atoms with Gasteiger partial charge in [0, 0.05) is 11.9 Å². The summed E-state index contributed by atoms with van der Waals surface area (Å²) >= 11 is 1.44. The Labute approximate surface area is 126 Å². The van der Waals surface area contributed by atoms with E-state index in [9.17, 15) is 9.59 Å². The number of thiazole rings is 1. The Kier molecular flexibility index (Phi) is 3.47. The first kappa shape index (κ1) is 13.8. The van der Waals surface area contributed by atoms with Gasteiger partial charge in [0.15, 0.2) is 0 Å². The summed E-state index contributed by atoms with van der Waals surface area (Å²) in [6.45, 7) is 4.03. The number of nitrogens with zero attached hydrogens (tertiary/aromatic N) is 2. The van der Waals surface area contributed by atoms with Crippen LogP contribution < -0.4 is 10.2 Å². The van der Waals surface area contributed by atoms with Gasteiger partial charge < -0.3 is 10.2 Å². The first-order valence-electron chi connectivity index (χ1n) is 6.70. The molecule has 0 aliphatic carbocycles.